The first-order chi connectivity index (χ1) is 13.0. The van der Waals surface area contributed by atoms with E-state index >= 15 is 0 Å². The van der Waals surface area contributed by atoms with Crippen LogP contribution in [0.1, 0.15) is 12.0 Å². The van der Waals surface area contributed by atoms with Crippen molar-refractivity contribution in [1.29, 1.82) is 0 Å². The average molecular weight is 387 g/mol. The number of methoxy groups -OCH3 is 2. The van der Waals surface area contributed by atoms with E-state index in [2.05, 4.69) is 10.3 Å². The largest absolute Gasteiger partial charge is 0.497 e. The summed E-state index contributed by atoms with van der Waals surface area (Å²) in [5, 5.41) is 4.03. The first kappa shape index (κ1) is 18.8. The fraction of sp³-hybridized carbons (Fsp3) is 0.200. The number of aryl methyl sites for hydroxylation is 1. The first-order valence-corrected chi connectivity index (χ1v) is 8.71. The van der Waals surface area contributed by atoms with Crippen molar-refractivity contribution in [3.63, 3.8) is 0 Å². The van der Waals surface area contributed by atoms with Gasteiger partial charge in [-0.15, -0.1) is 0 Å². The van der Waals surface area contributed by atoms with Crippen molar-refractivity contribution < 1.29 is 14.3 Å². The van der Waals surface area contributed by atoms with Gasteiger partial charge in [0.1, 0.15) is 11.5 Å². The lowest BCUT2D eigenvalue weighted by Crippen LogP contribution is -2.17. The molecule has 0 aliphatic heterocycles. The number of anilines is 1. The van der Waals surface area contributed by atoms with Gasteiger partial charge in [0.2, 0.25) is 5.91 Å². The molecule has 0 radical (unpaired) electrons. The van der Waals surface area contributed by atoms with Crippen molar-refractivity contribution in [1.82, 2.24) is 4.98 Å². The van der Waals surface area contributed by atoms with E-state index in [9.17, 15) is 9.59 Å². The molecule has 1 amide bonds. The molecule has 0 spiro atoms. The van der Waals surface area contributed by atoms with Gasteiger partial charge in [0, 0.05) is 28.6 Å². The van der Waals surface area contributed by atoms with Crippen LogP contribution in [0, 0.1) is 0 Å². The number of hydrogen-bond donors (Lipinski definition) is 2. The Bertz CT molecular complexity index is 1050. The zero-order valence-electron chi connectivity index (χ0n) is 15.0. The summed E-state index contributed by atoms with van der Waals surface area (Å²) in [5.41, 5.74) is 1.64. The number of nitrogens with one attached hydrogen (secondary N) is 2. The molecular formula is C20H19ClN2O4. The summed E-state index contributed by atoms with van der Waals surface area (Å²) in [6.45, 7) is 0. The maximum absolute atomic E-state index is 12.2. The van der Waals surface area contributed by atoms with Crippen LogP contribution in [-0.2, 0) is 11.2 Å². The van der Waals surface area contributed by atoms with E-state index in [1.165, 1.54) is 7.11 Å². The highest BCUT2D eigenvalue weighted by Crippen LogP contribution is 2.27. The molecule has 0 atom stereocenters. The van der Waals surface area contributed by atoms with Crippen LogP contribution in [0.15, 0.2) is 47.3 Å². The Morgan fingerprint density at radius 2 is 1.93 bits per heavy atom. The maximum atomic E-state index is 12.2. The van der Waals surface area contributed by atoms with Gasteiger partial charge in [-0.1, -0.05) is 11.6 Å². The van der Waals surface area contributed by atoms with E-state index in [0.717, 1.165) is 10.9 Å². The Labute approximate surface area is 161 Å². The van der Waals surface area contributed by atoms with Gasteiger partial charge in [-0.2, -0.15) is 0 Å². The number of halogens is 1. The van der Waals surface area contributed by atoms with Gasteiger partial charge in [0.05, 0.1) is 19.2 Å². The molecule has 2 N–H and O–H groups in total. The van der Waals surface area contributed by atoms with Crippen molar-refractivity contribution in [3.05, 3.63) is 63.4 Å². The average Bonchev–Trinajstić information content (AvgIpc) is 2.66. The SMILES string of the molecule is COc1ccc2[nH]c(=O)c(CCC(=O)Nc3ccc(OC)c(Cl)c3)cc2c1. The Morgan fingerprint density at radius 1 is 1.11 bits per heavy atom. The summed E-state index contributed by atoms with van der Waals surface area (Å²) < 4.78 is 10.3. The summed E-state index contributed by atoms with van der Waals surface area (Å²) in [6.07, 6.45) is 0.487. The molecule has 2 aromatic carbocycles. The van der Waals surface area contributed by atoms with Crippen LogP contribution in [0.5, 0.6) is 11.5 Å². The summed E-state index contributed by atoms with van der Waals surface area (Å²) in [5.74, 6) is 1.03. The molecule has 1 aromatic heterocycles. The topological polar surface area (TPSA) is 80.4 Å². The number of benzene rings is 2. The van der Waals surface area contributed by atoms with E-state index in [0.29, 0.717) is 34.2 Å². The Kier molecular flexibility index (Phi) is 5.66. The second kappa shape index (κ2) is 8.14. The van der Waals surface area contributed by atoms with Crippen LogP contribution in [0.3, 0.4) is 0 Å². The molecule has 140 valence electrons. The van der Waals surface area contributed by atoms with Gasteiger partial charge < -0.3 is 19.8 Å². The number of rotatable bonds is 6. The molecule has 0 saturated heterocycles. The normalized spacial score (nSPS) is 10.6. The Morgan fingerprint density at radius 3 is 2.63 bits per heavy atom. The zero-order valence-corrected chi connectivity index (χ0v) is 15.7. The zero-order chi connectivity index (χ0) is 19.4. The molecule has 7 heteroatoms. The Balaban J connectivity index is 1.70. The van der Waals surface area contributed by atoms with Crippen LogP contribution in [0.25, 0.3) is 10.9 Å². The van der Waals surface area contributed by atoms with Gasteiger partial charge in [0.15, 0.2) is 0 Å². The number of hydrogen-bond acceptors (Lipinski definition) is 4. The number of pyridine rings is 1. The van der Waals surface area contributed by atoms with E-state index < -0.39 is 0 Å². The second-order valence-electron chi connectivity index (χ2n) is 5.97. The minimum absolute atomic E-state index is 0.169. The van der Waals surface area contributed by atoms with Crippen LogP contribution < -0.4 is 20.3 Å². The maximum Gasteiger partial charge on any atom is 0.251 e. The number of ether oxygens (including phenoxy) is 2. The lowest BCUT2D eigenvalue weighted by atomic mass is 10.1. The number of H-pyrrole nitrogens is 1. The highest BCUT2D eigenvalue weighted by molar-refractivity contribution is 6.32. The molecule has 0 fully saturated rings. The van der Waals surface area contributed by atoms with Gasteiger partial charge in [0.25, 0.3) is 5.56 Å². The van der Waals surface area contributed by atoms with Crippen LogP contribution >= 0.6 is 11.6 Å². The van der Waals surface area contributed by atoms with Gasteiger partial charge in [-0.3, -0.25) is 9.59 Å². The highest BCUT2D eigenvalue weighted by atomic mass is 35.5. The second-order valence-corrected chi connectivity index (χ2v) is 6.38. The standard InChI is InChI=1S/C20H19ClN2O4/c1-26-15-5-6-17-13(10-15)9-12(20(25)23-17)3-8-19(24)22-14-4-7-18(27-2)16(21)11-14/h4-7,9-11H,3,8H2,1-2H3,(H,22,24)(H,23,25). The smallest absolute Gasteiger partial charge is 0.251 e. The number of amides is 1. The quantitative estimate of drug-likeness (QED) is 0.675. The molecule has 27 heavy (non-hydrogen) atoms. The minimum Gasteiger partial charge on any atom is -0.497 e. The Hall–Kier alpha value is -2.99. The van der Waals surface area contributed by atoms with Crippen molar-refractivity contribution in [2.24, 2.45) is 0 Å². The number of carbonyl (C=O) groups excluding carboxylic acids is 1. The molecule has 3 rings (SSSR count). The summed E-state index contributed by atoms with van der Waals surface area (Å²) in [4.78, 5) is 27.3. The van der Waals surface area contributed by atoms with E-state index in [-0.39, 0.29) is 17.9 Å². The predicted molar refractivity (Wildman–Crippen MR) is 106 cm³/mol. The molecular weight excluding hydrogens is 368 g/mol. The summed E-state index contributed by atoms with van der Waals surface area (Å²) >= 11 is 6.05. The molecule has 0 unspecified atom stereocenters. The molecule has 6 nitrogen and oxygen atoms in total. The molecule has 0 saturated carbocycles. The molecule has 1 heterocycles. The number of carbonyl (C=O) groups is 1. The number of aromatic nitrogens is 1. The summed E-state index contributed by atoms with van der Waals surface area (Å²) in [7, 11) is 3.11. The fourth-order valence-corrected chi connectivity index (χ4v) is 3.02. The number of fused-ring (bicyclic) bond motifs is 1. The molecule has 3 aromatic rings. The minimum atomic E-state index is -0.207. The molecule has 0 aliphatic rings. The van der Waals surface area contributed by atoms with Gasteiger partial charge in [-0.05, 0) is 48.9 Å². The van der Waals surface area contributed by atoms with Crippen molar-refractivity contribution in [2.75, 3.05) is 19.5 Å². The van der Waals surface area contributed by atoms with Gasteiger partial charge >= 0.3 is 0 Å². The third kappa shape index (κ3) is 4.41. The third-order valence-corrected chi connectivity index (χ3v) is 4.48. The summed E-state index contributed by atoms with van der Waals surface area (Å²) in [6, 6.07) is 12.2. The van der Waals surface area contributed by atoms with E-state index in [4.69, 9.17) is 21.1 Å². The van der Waals surface area contributed by atoms with Crippen molar-refractivity contribution in [2.45, 2.75) is 12.8 Å². The van der Waals surface area contributed by atoms with E-state index in [1.807, 2.05) is 6.07 Å². The van der Waals surface area contributed by atoms with Crippen LogP contribution in [0.4, 0.5) is 5.69 Å². The van der Waals surface area contributed by atoms with Crippen LogP contribution in [0.2, 0.25) is 5.02 Å². The van der Waals surface area contributed by atoms with Crippen LogP contribution in [-0.4, -0.2) is 25.1 Å². The number of aromatic amines is 1. The fourth-order valence-electron chi connectivity index (χ4n) is 2.76. The van der Waals surface area contributed by atoms with Crippen molar-refractivity contribution in [3.8, 4) is 11.5 Å². The first-order valence-electron chi connectivity index (χ1n) is 8.33. The molecule has 0 bridgehead atoms. The monoisotopic (exact) mass is 386 g/mol. The third-order valence-electron chi connectivity index (χ3n) is 4.19. The lowest BCUT2D eigenvalue weighted by molar-refractivity contribution is -0.116. The van der Waals surface area contributed by atoms with E-state index in [1.54, 1.807) is 43.5 Å². The molecule has 0 aliphatic carbocycles. The predicted octanol–water partition coefficient (Wildman–Crippen LogP) is 3.77. The van der Waals surface area contributed by atoms with Gasteiger partial charge in [-0.25, -0.2) is 0 Å². The highest BCUT2D eigenvalue weighted by Gasteiger charge is 2.09. The lowest BCUT2D eigenvalue weighted by Gasteiger charge is -2.08. The van der Waals surface area contributed by atoms with Crippen molar-refractivity contribution >= 4 is 34.1 Å².